The van der Waals surface area contributed by atoms with Crippen molar-refractivity contribution in [3.8, 4) is 0 Å². The number of nitrogens with one attached hydrogen (secondary N) is 2. The van der Waals surface area contributed by atoms with E-state index in [0.29, 0.717) is 28.8 Å². The Labute approximate surface area is 185 Å². The van der Waals surface area contributed by atoms with Gasteiger partial charge in [0.1, 0.15) is 0 Å². The van der Waals surface area contributed by atoms with Crippen molar-refractivity contribution in [2.45, 2.75) is 32.1 Å². The molecule has 0 saturated heterocycles. The van der Waals surface area contributed by atoms with Gasteiger partial charge in [-0.3, -0.25) is 9.59 Å². The standard InChI is InChI=1S/C21H22Cl2N2O3S/c22-16-10-4-11-17(23)20(16)25-21(29)24-18(26)12-5-13-19(27)28-14-6-9-15-7-2-1-3-8-15/h1-4,7-8,10-11H,5-6,9,12-14H2,(H2,24,25,26,29). The van der Waals surface area contributed by atoms with Gasteiger partial charge in [-0.15, -0.1) is 0 Å². The van der Waals surface area contributed by atoms with E-state index >= 15 is 0 Å². The van der Waals surface area contributed by atoms with Crippen molar-refractivity contribution >= 4 is 58.1 Å². The number of aryl methyl sites for hydroxylation is 1. The summed E-state index contributed by atoms with van der Waals surface area (Å²) in [6.07, 6.45) is 2.32. The highest BCUT2D eigenvalue weighted by Crippen LogP contribution is 2.29. The van der Waals surface area contributed by atoms with E-state index in [4.69, 9.17) is 40.2 Å². The SMILES string of the molecule is O=C(CCCC(=O)OCCCc1ccccc1)NC(=S)Nc1c(Cl)cccc1Cl. The van der Waals surface area contributed by atoms with Gasteiger partial charge in [0.25, 0.3) is 0 Å². The number of carbonyl (C=O) groups excluding carboxylic acids is 2. The van der Waals surface area contributed by atoms with E-state index in [9.17, 15) is 9.59 Å². The molecule has 0 unspecified atom stereocenters. The highest BCUT2D eigenvalue weighted by Gasteiger charge is 2.11. The summed E-state index contributed by atoms with van der Waals surface area (Å²) in [7, 11) is 0. The molecule has 0 aliphatic rings. The molecule has 2 rings (SSSR count). The molecule has 8 heteroatoms. The number of anilines is 1. The summed E-state index contributed by atoms with van der Waals surface area (Å²) in [5.74, 6) is -0.614. The smallest absolute Gasteiger partial charge is 0.305 e. The zero-order valence-electron chi connectivity index (χ0n) is 15.8. The topological polar surface area (TPSA) is 67.4 Å². The molecule has 0 aliphatic carbocycles. The van der Waals surface area contributed by atoms with Gasteiger partial charge < -0.3 is 15.4 Å². The predicted molar refractivity (Wildman–Crippen MR) is 120 cm³/mol. The average Bonchev–Trinajstić information content (AvgIpc) is 2.69. The average molecular weight is 453 g/mol. The number of benzene rings is 2. The monoisotopic (exact) mass is 452 g/mol. The van der Waals surface area contributed by atoms with Crippen LogP contribution in [0, 0.1) is 0 Å². The van der Waals surface area contributed by atoms with Crippen molar-refractivity contribution in [3.63, 3.8) is 0 Å². The maximum absolute atomic E-state index is 12.0. The zero-order valence-corrected chi connectivity index (χ0v) is 18.1. The van der Waals surface area contributed by atoms with Crippen LogP contribution in [0.5, 0.6) is 0 Å². The van der Waals surface area contributed by atoms with Crippen LogP contribution in [0.2, 0.25) is 10.0 Å². The lowest BCUT2D eigenvalue weighted by molar-refractivity contribution is -0.143. The fraction of sp³-hybridized carbons (Fsp3) is 0.286. The van der Waals surface area contributed by atoms with Crippen molar-refractivity contribution in [3.05, 3.63) is 64.1 Å². The molecule has 0 bridgehead atoms. The summed E-state index contributed by atoms with van der Waals surface area (Å²) in [6.45, 7) is 0.368. The third-order valence-corrected chi connectivity index (χ3v) is 4.79. The lowest BCUT2D eigenvalue weighted by Gasteiger charge is -2.12. The number of esters is 1. The van der Waals surface area contributed by atoms with Crippen LogP contribution in [0.25, 0.3) is 0 Å². The molecule has 0 aliphatic heterocycles. The molecule has 0 saturated carbocycles. The molecule has 0 radical (unpaired) electrons. The first-order chi connectivity index (χ1) is 14.0. The second-order valence-corrected chi connectivity index (χ2v) is 7.48. The maximum atomic E-state index is 12.0. The lowest BCUT2D eigenvalue weighted by atomic mass is 10.1. The number of para-hydroxylation sites is 1. The van der Waals surface area contributed by atoms with E-state index in [0.717, 1.165) is 12.8 Å². The van der Waals surface area contributed by atoms with E-state index in [1.54, 1.807) is 18.2 Å². The van der Waals surface area contributed by atoms with Gasteiger partial charge in [-0.1, -0.05) is 59.6 Å². The lowest BCUT2D eigenvalue weighted by Crippen LogP contribution is -2.34. The number of carbonyl (C=O) groups is 2. The number of ether oxygens (including phenoxy) is 1. The Hall–Kier alpha value is -2.15. The van der Waals surface area contributed by atoms with Crippen molar-refractivity contribution in [1.29, 1.82) is 0 Å². The van der Waals surface area contributed by atoms with Crippen LogP contribution in [0.1, 0.15) is 31.2 Å². The molecule has 0 fully saturated rings. The molecule has 0 aromatic heterocycles. The van der Waals surface area contributed by atoms with Crippen LogP contribution in [0.3, 0.4) is 0 Å². The van der Waals surface area contributed by atoms with Crippen molar-refractivity contribution < 1.29 is 14.3 Å². The highest BCUT2D eigenvalue weighted by molar-refractivity contribution is 7.80. The Morgan fingerprint density at radius 3 is 2.31 bits per heavy atom. The van der Waals surface area contributed by atoms with Gasteiger partial charge in [0.05, 0.1) is 22.3 Å². The number of thiocarbonyl (C=S) groups is 1. The fourth-order valence-electron chi connectivity index (χ4n) is 2.52. The number of rotatable bonds is 9. The van der Waals surface area contributed by atoms with Crippen molar-refractivity contribution in [1.82, 2.24) is 5.32 Å². The first-order valence-corrected chi connectivity index (χ1v) is 10.4. The van der Waals surface area contributed by atoms with Crippen LogP contribution in [-0.4, -0.2) is 23.6 Å². The van der Waals surface area contributed by atoms with Crippen LogP contribution in [0.15, 0.2) is 48.5 Å². The molecule has 154 valence electrons. The molecular weight excluding hydrogens is 431 g/mol. The van der Waals surface area contributed by atoms with Gasteiger partial charge in [0.15, 0.2) is 5.11 Å². The zero-order chi connectivity index (χ0) is 21.1. The minimum Gasteiger partial charge on any atom is -0.466 e. The van der Waals surface area contributed by atoms with Crippen LogP contribution in [0.4, 0.5) is 5.69 Å². The van der Waals surface area contributed by atoms with Gasteiger partial charge >= 0.3 is 5.97 Å². The predicted octanol–water partition coefficient (Wildman–Crippen LogP) is 5.15. The molecule has 5 nitrogen and oxygen atoms in total. The summed E-state index contributed by atoms with van der Waals surface area (Å²) in [6, 6.07) is 15.0. The van der Waals surface area contributed by atoms with Crippen LogP contribution < -0.4 is 10.6 Å². The molecule has 0 heterocycles. The van der Waals surface area contributed by atoms with Crippen molar-refractivity contribution in [2.75, 3.05) is 11.9 Å². The third kappa shape index (κ3) is 8.81. The van der Waals surface area contributed by atoms with Crippen LogP contribution >= 0.6 is 35.4 Å². The Kier molecular flexibility index (Phi) is 9.91. The molecule has 2 N–H and O–H groups in total. The van der Waals surface area contributed by atoms with Gasteiger partial charge in [-0.05, 0) is 49.2 Å². The molecule has 0 atom stereocenters. The van der Waals surface area contributed by atoms with E-state index in [1.807, 2.05) is 30.3 Å². The summed E-state index contributed by atoms with van der Waals surface area (Å²) in [5, 5.41) is 6.22. The largest absolute Gasteiger partial charge is 0.466 e. The molecule has 2 aromatic carbocycles. The molecular formula is C21H22Cl2N2O3S. The van der Waals surface area contributed by atoms with Crippen molar-refractivity contribution in [2.24, 2.45) is 0 Å². The summed E-state index contributed by atoms with van der Waals surface area (Å²) in [5.41, 5.74) is 1.64. The van der Waals surface area contributed by atoms with Crippen LogP contribution in [-0.2, 0) is 20.7 Å². The molecule has 29 heavy (non-hydrogen) atoms. The first kappa shape index (κ1) is 23.1. The van der Waals surface area contributed by atoms with Gasteiger partial charge in [-0.2, -0.15) is 0 Å². The Bertz CT molecular complexity index is 827. The number of amides is 1. The maximum Gasteiger partial charge on any atom is 0.305 e. The van der Waals surface area contributed by atoms with Gasteiger partial charge in [0, 0.05) is 12.8 Å². The second-order valence-electron chi connectivity index (χ2n) is 6.26. The minimum absolute atomic E-state index is 0.0912. The Morgan fingerprint density at radius 2 is 1.62 bits per heavy atom. The third-order valence-electron chi connectivity index (χ3n) is 3.95. The first-order valence-electron chi connectivity index (χ1n) is 9.20. The highest BCUT2D eigenvalue weighted by atomic mass is 35.5. The molecule has 0 spiro atoms. The number of hydrogen-bond donors (Lipinski definition) is 2. The Balaban J connectivity index is 1.58. The molecule has 1 amide bonds. The van der Waals surface area contributed by atoms with Gasteiger partial charge in [0.2, 0.25) is 5.91 Å². The van der Waals surface area contributed by atoms with Gasteiger partial charge in [-0.25, -0.2) is 0 Å². The second kappa shape index (κ2) is 12.4. The number of hydrogen-bond acceptors (Lipinski definition) is 4. The quantitative estimate of drug-likeness (QED) is 0.312. The van der Waals surface area contributed by atoms with E-state index in [-0.39, 0.29) is 29.8 Å². The number of halogens is 2. The minimum atomic E-state index is -0.311. The van der Waals surface area contributed by atoms with E-state index < -0.39 is 0 Å². The summed E-state index contributed by atoms with van der Waals surface area (Å²) >= 11 is 17.2. The Morgan fingerprint density at radius 1 is 0.931 bits per heavy atom. The normalized spacial score (nSPS) is 10.3. The van der Waals surface area contributed by atoms with E-state index in [1.165, 1.54) is 5.56 Å². The fourth-order valence-corrected chi connectivity index (χ4v) is 3.23. The van der Waals surface area contributed by atoms with E-state index in [2.05, 4.69) is 10.6 Å². The molecule has 2 aromatic rings. The summed E-state index contributed by atoms with van der Waals surface area (Å²) < 4.78 is 5.19. The summed E-state index contributed by atoms with van der Waals surface area (Å²) in [4.78, 5) is 23.7.